The molecule has 1 atom stereocenters. The predicted octanol–water partition coefficient (Wildman–Crippen LogP) is 3.41. The van der Waals surface area contributed by atoms with E-state index >= 15 is 0 Å². The highest BCUT2D eigenvalue weighted by molar-refractivity contribution is 7.89. The van der Waals surface area contributed by atoms with Crippen molar-refractivity contribution in [2.45, 2.75) is 30.3 Å². The van der Waals surface area contributed by atoms with Crippen LogP contribution in [-0.4, -0.2) is 19.4 Å². The van der Waals surface area contributed by atoms with Gasteiger partial charge in [0.15, 0.2) is 0 Å². The lowest BCUT2D eigenvalue weighted by Crippen LogP contribution is -2.29. The molecule has 0 fully saturated rings. The quantitative estimate of drug-likeness (QED) is 0.554. The largest absolute Gasteiger partial charge is 0.508 e. The van der Waals surface area contributed by atoms with Gasteiger partial charge in [-0.25, -0.2) is 13.1 Å². The van der Waals surface area contributed by atoms with Crippen molar-refractivity contribution in [1.29, 1.82) is 0 Å². The molecule has 1 aromatic carbocycles. The first-order valence-corrected chi connectivity index (χ1v) is 11.9. The monoisotopic (exact) mass is 434 g/mol. The standard InChI is InChI=1S/C19H18N2O4S3/c22-16-5-1-4-13-14(16)6-7-15(13)21-19(23)18-17(8-10-27-18)28(24,25)20-11-12-3-2-9-26-12/h1-5,8-10,15,20,22H,6-7,11H2,(H,21,23). The number of thiophene rings is 2. The van der Waals surface area contributed by atoms with Crippen molar-refractivity contribution in [3.8, 4) is 5.75 Å². The number of rotatable bonds is 6. The van der Waals surface area contributed by atoms with E-state index in [1.807, 2.05) is 23.6 Å². The number of fused-ring (bicyclic) bond motifs is 1. The number of nitrogens with one attached hydrogen (secondary N) is 2. The van der Waals surface area contributed by atoms with Crippen LogP contribution in [-0.2, 0) is 23.0 Å². The average Bonchev–Trinajstić information content (AvgIpc) is 3.41. The number of hydrogen-bond donors (Lipinski definition) is 3. The van der Waals surface area contributed by atoms with Crippen LogP contribution in [0.5, 0.6) is 5.75 Å². The summed E-state index contributed by atoms with van der Waals surface area (Å²) in [5, 5.41) is 16.4. The van der Waals surface area contributed by atoms with Crippen LogP contribution in [0.15, 0.2) is 52.1 Å². The number of amides is 1. The molecule has 4 rings (SSSR count). The average molecular weight is 435 g/mol. The van der Waals surface area contributed by atoms with Gasteiger partial charge in [-0.05, 0) is 52.9 Å². The molecule has 1 unspecified atom stereocenters. The number of carbonyl (C=O) groups excluding carboxylic acids is 1. The van der Waals surface area contributed by atoms with Crippen molar-refractivity contribution in [3.63, 3.8) is 0 Å². The lowest BCUT2D eigenvalue weighted by Gasteiger charge is -2.14. The molecule has 2 aromatic heterocycles. The molecule has 3 aromatic rings. The molecule has 0 radical (unpaired) electrons. The topological polar surface area (TPSA) is 95.5 Å². The maximum Gasteiger partial charge on any atom is 0.263 e. The molecule has 0 spiro atoms. The Kier molecular flexibility index (Phi) is 5.24. The lowest BCUT2D eigenvalue weighted by atomic mass is 10.1. The van der Waals surface area contributed by atoms with Gasteiger partial charge in [0.25, 0.3) is 5.91 Å². The summed E-state index contributed by atoms with van der Waals surface area (Å²) in [5.74, 6) is -0.195. The van der Waals surface area contributed by atoms with Gasteiger partial charge in [-0.15, -0.1) is 22.7 Å². The van der Waals surface area contributed by atoms with Gasteiger partial charge in [0.1, 0.15) is 15.5 Å². The molecule has 28 heavy (non-hydrogen) atoms. The highest BCUT2D eigenvalue weighted by Crippen LogP contribution is 2.36. The Balaban J connectivity index is 1.51. The van der Waals surface area contributed by atoms with Crippen molar-refractivity contribution in [3.05, 3.63) is 68.0 Å². The molecule has 1 amide bonds. The summed E-state index contributed by atoms with van der Waals surface area (Å²) in [6, 6.07) is 10.2. The minimum Gasteiger partial charge on any atom is -0.508 e. The Morgan fingerprint density at radius 2 is 2.00 bits per heavy atom. The fourth-order valence-electron chi connectivity index (χ4n) is 3.34. The molecular formula is C19H18N2O4S3. The van der Waals surface area contributed by atoms with E-state index in [1.165, 1.54) is 17.4 Å². The van der Waals surface area contributed by atoms with Crippen LogP contribution in [0.2, 0.25) is 0 Å². The Hall–Kier alpha value is -2.20. The second-order valence-electron chi connectivity index (χ2n) is 6.43. The summed E-state index contributed by atoms with van der Waals surface area (Å²) >= 11 is 2.56. The van der Waals surface area contributed by atoms with Crippen LogP contribution in [0, 0.1) is 0 Å². The number of phenols is 1. The summed E-state index contributed by atoms with van der Waals surface area (Å²) in [4.78, 5) is 13.8. The van der Waals surface area contributed by atoms with Crippen molar-refractivity contribution in [2.24, 2.45) is 0 Å². The summed E-state index contributed by atoms with van der Waals surface area (Å²) < 4.78 is 27.9. The van der Waals surface area contributed by atoms with Crippen LogP contribution >= 0.6 is 22.7 Å². The van der Waals surface area contributed by atoms with Crippen molar-refractivity contribution in [1.82, 2.24) is 10.0 Å². The highest BCUT2D eigenvalue weighted by Gasteiger charge is 2.29. The summed E-state index contributed by atoms with van der Waals surface area (Å²) in [5.41, 5.74) is 1.72. The zero-order chi connectivity index (χ0) is 19.7. The number of benzene rings is 1. The second-order valence-corrected chi connectivity index (χ2v) is 10.1. The van der Waals surface area contributed by atoms with E-state index in [9.17, 15) is 18.3 Å². The molecule has 1 aliphatic carbocycles. The SMILES string of the molecule is O=C(NC1CCc2c(O)cccc21)c1sccc1S(=O)(=O)NCc1cccs1. The van der Waals surface area contributed by atoms with Gasteiger partial charge in [0.2, 0.25) is 10.0 Å². The van der Waals surface area contributed by atoms with E-state index < -0.39 is 15.9 Å². The van der Waals surface area contributed by atoms with E-state index in [-0.39, 0.29) is 28.1 Å². The zero-order valence-electron chi connectivity index (χ0n) is 14.7. The Morgan fingerprint density at radius 3 is 2.79 bits per heavy atom. The number of sulfonamides is 1. The third-order valence-electron chi connectivity index (χ3n) is 4.69. The number of carbonyl (C=O) groups is 1. The summed E-state index contributed by atoms with van der Waals surface area (Å²) in [6.07, 6.45) is 1.34. The summed E-state index contributed by atoms with van der Waals surface area (Å²) in [6.45, 7) is 0.187. The van der Waals surface area contributed by atoms with Gasteiger partial charge in [0, 0.05) is 11.4 Å². The fourth-order valence-corrected chi connectivity index (χ4v) is 6.41. The van der Waals surface area contributed by atoms with Crippen molar-refractivity contribution < 1.29 is 18.3 Å². The molecule has 0 saturated heterocycles. The van der Waals surface area contributed by atoms with Crippen molar-refractivity contribution >= 4 is 38.6 Å². The molecule has 146 valence electrons. The Bertz CT molecular complexity index is 1100. The maximum absolute atomic E-state index is 12.8. The van der Waals surface area contributed by atoms with E-state index in [2.05, 4.69) is 10.0 Å². The smallest absolute Gasteiger partial charge is 0.263 e. The van der Waals surface area contributed by atoms with Crippen LogP contribution < -0.4 is 10.0 Å². The number of aromatic hydroxyl groups is 1. The van der Waals surface area contributed by atoms with E-state index in [1.54, 1.807) is 17.5 Å². The Morgan fingerprint density at radius 1 is 1.14 bits per heavy atom. The van der Waals surface area contributed by atoms with Gasteiger partial charge in [0.05, 0.1) is 6.04 Å². The van der Waals surface area contributed by atoms with E-state index in [0.29, 0.717) is 12.8 Å². The maximum atomic E-state index is 12.8. The minimum absolute atomic E-state index is 0.0133. The number of hydrogen-bond acceptors (Lipinski definition) is 6. The first-order chi connectivity index (χ1) is 13.5. The Labute approximate surface area is 170 Å². The number of phenolic OH excluding ortho intramolecular Hbond substituents is 1. The van der Waals surface area contributed by atoms with Crippen molar-refractivity contribution in [2.75, 3.05) is 0 Å². The van der Waals surface area contributed by atoms with Gasteiger partial charge >= 0.3 is 0 Å². The van der Waals surface area contributed by atoms with E-state index in [4.69, 9.17) is 0 Å². The molecule has 0 bridgehead atoms. The third kappa shape index (κ3) is 3.70. The second kappa shape index (κ2) is 7.67. The molecule has 9 heteroatoms. The molecule has 0 aliphatic heterocycles. The molecule has 6 nitrogen and oxygen atoms in total. The first kappa shape index (κ1) is 19.1. The van der Waals surface area contributed by atoms with Gasteiger partial charge in [-0.2, -0.15) is 0 Å². The van der Waals surface area contributed by atoms with Crippen LogP contribution in [0.25, 0.3) is 0 Å². The minimum atomic E-state index is -3.80. The molecule has 1 aliphatic rings. The zero-order valence-corrected chi connectivity index (χ0v) is 17.2. The fraction of sp³-hybridized carbons (Fsp3) is 0.211. The van der Waals surface area contributed by atoms with Crippen LogP contribution in [0.1, 0.15) is 38.1 Å². The van der Waals surface area contributed by atoms with Crippen LogP contribution in [0.4, 0.5) is 0 Å². The molecule has 3 N–H and O–H groups in total. The highest BCUT2D eigenvalue weighted by atomic mass is 32.2. The third-order valence-corrected chi connectivity index (χ3v) is 8.06. The molecular weight excluding hydrogens is 416 g/mol. The summed E-state index contributed by atoms with van der Waals surface area (Å²) in [7, 11) is -3.80. The normalized spacial score (nSPS) is 16.1. The van der Waals surface area contributed by atoms with Gasteiger partial charge in [-0.1, -0.05) is 18.2 Å². The molecule has 0 saturated carbocycles. The van der Waals surface area contributed by atoms with E-state index in [0.717, 1.165) is 27.3 Å². The predicted molar refractivity (Wildman–Crippen MR) is 109 cm³/mol. The first-order valence-electron chi connectivity index (χ1n) is 8.67. The van der Waals surface area contributed by atoms with Crippen LogP contribution in [0.3, 0.4) is 0 Å². The van der Waals surface area contributed by atoms with Gasteiger partial charge < -0.3 is 10.4 Å². The lowest BCUT2D eigenvalue weighted by molar-refractivity contribution is 0.0938. The van der Waals surface area contributed by atoms with Gasteiger partial charge in [-0.3, -0.25) is 4.79 Å². The molecule has 2 heterocycles.